The van der Waals surface area contributed by atoms with Gasteiger partial charge in [0.05, 0.1) is 17.7 Å². The van der Waals surface area contributed by atoms with Crippen LogP contribution in [-0.2, 0) is 0 Å². The summed E-state index contributed by atoms with van der Waals surface area (Å²) in [6.07, 6.45) is 4.83. The topological polar surface area (TPSA) is 83.0 Å². The molecule has 158 valence electrons. The standard InChI is InChI=1S/C23H27N3O4/c1-15(2)21(28)18-7-6-17(13-19(18)27)26-10-11-30-20-12-16(14-24-22(20)26)23(29)25-8-4-3-5-9-25/h6-7,12-15,27H,3-5,8-11H2,1-2H3. The Hall–Kier alpha value is -3.09. The number of fused-ring (bicyclic) bond motifs is 1. The highest BCUT2D eigenvalue weighted by Gasteiger charge is 2.26. The smallest absolute Gasteiger partial charge is 0.255 e. The molecule has 4 rings (SSSR count). The number of hydrogen-bond donors (Lipinski definition) is 1. The van der Waals surface area contributed by atoms with E-state index in [0.717, 1.165) is 31.6 Å². The van der Waals surface area contributed by atoms with Gasteiger partial charge in [-0.2, -0.15) is 0 Å². The first-order chi connectivity index (χ1) is 14.5. The number of likely N-dealkylation sites (tertiary alicyclic amines) is 1. The highest BCUT2D eigenvalue weighted by atomic mass is 16.5. The molecule has 3 heterocycles. The number of piperidine rings is 1. The number of anilines is 2. The molecule has 7 nitrogen and oxygen atoms in total. The van der Waals surface area contributed by atoms with E-state index in [1.807, 2.05) is 9.80 Å². The SMILES string of the molecule is CC(C)C(=O)c1ccc(N2CCOc3cc(C(=O)N4CCCCC4)cnc32)cc1O. The summed E-state index contributed by atoms with van der Waals surface area (Å²) in [6.45, 7) is 6.16. The number of carbonyl (C=O) groups is 2. The molecule has 1 aromatic heterocycles. The molecule has 1 aromatic carbocycles. The van der Waals surface area contributed by atoms with Gasteiger partial charge in [-0.25, -0.2) is 4.98 Å². The van der Waals surface area contributed by atoms with E-state index in [2.05, 4.69) is 4.98 Å². The lowest BCUT2D eigenvalue weighted by molar-refractivity contribution is 0.0723. The summed E-state index contributed by atoms with van der Waals surface area (Å²) in [6, 6.07) is 6.79. The molecule has 0 aliphatic carbocycles. The molecule has 1 fully saturated rings. The Labute approximate surface area is 176 Å². The van der Waals surface area contributed by atoms with Crippen molar-refractivity contribution in [2.75, 3.05) is 31.1 Å². The van der Waals surface area contributed by atoms with E-state index < -0.39 is 0 Å². The Balaban J connectivity index is 1.60. The molecule has 0 radical (unpaired) electrons. The number of aromatic hydroxyl groups is 1. The molecule has 0 bridgehead atoms. The molecule has 0 spiro atoms. The summed E-state index contributed by atoms with van der Waals surface area (Å²) in [7, 11) is 0. The number of rotatable bonds is 4. The quantitative estimate of drug-likeness (QED) is 0.774. The van der Waals surface area contributed by atoms with E-state index in [1.54, 1.807) is 44.3 Å². The van der Waals surface area contributed by atoms with E-state index in [9.17, 15) is 14.7 Å². The number of Topliss-reactive ketones (excluding diaryl/α,β-unsaturated/α-hetero) is 1. The Morgan fingerprint density at radius 2 is 1.87 bits per heavy atom. The van der Waals surface area contributed by atoms with Crippen molar-refractivity contribution in [2.45, 2.75) is 33.1 Å². The van der Waals surface area contributed by atoms with Crippen molar-refractivity contribution in [3.63, 3.8) is 0 Å². The third kappa shape index (κ3) is 3.84. The van der Waals surface area contributed by atoms with Crippen molar-refractivity contribution in [3.8, 4) is 11.5 Å². The summed E-state index contributed by atoms with van der Waals surface area (Å²) in [5.74, 6) is 0.796. The van der Waals surface area contributed by atoms with Crippen molar-refractivity contribution in [1.29, 1.82) is 0 Å². The van der Waals surface area contributed by atoms with Gasteiger partial charge in [0.25, 0.3) is 5.91 Å². The van der Waals surface area contributed by atoms with E-state index in [0.29, 0.717) is 35.8 Å². The average Bonchev–Trinajstić information content (AvgIpc) is 2.77. The van der Waals surface area contributed by atoms with Crippen LogP contribution in [0.4, 0.5) is 11.5 Å². The molecule has 2 aliphatic heterocycles. The molecule has 2 aromatic rings. The molecule has 30 heavy (non-hydrogen) atoms. The minimum absolute atomic E-state index is 0.0140. The van der Waals surface area contributed by atoms with Gasteiger partial charge in [0.1, 0.15) is 12.4 Å². The summed E-state index contributed by atoms with van der Waals surface area (Å²) >= 11 is 0. The van der Waals surface area contributed by atoms with Crippen LogP contribution in [0.1, 0.15) is 53.8 Å². The first kappa shape index (κ1) is 20.2. The maximum absolute atomic E-state index is 12.8. The van der Waals surface area contributed by atoms with Crippen LogP contribution >= 0.6 is 0 Å². The number of ketones is 1. The molecule has 1 amide bonds. The summed E-state index contributed by atoms with van der Waals surface area (Å²) in [5, 5.41) is 10.4. The minimum Gasteiger partial charge on any atom is -0.507 e. The highest BCUT2D eigenvalue weighted by Crippen LogP contribution is 2.37. The van der Waals surface area contributed by atoms with Gasteiger partial charge < -0.3 is 19.6 Å². The number of hydrogen-bond acceptors (Lipinski definition) is 6. The number of benzene rings is 1. The zero-order valence-electron chi connectivity index (χ0n) is 17.4. The van der Waals surface area contributed by atoms with Crippen molar-refractivity contribution in [2.24, 2.45) is 5.92 Å². The largest absolute Gasteiger partial charge is 0.507 e. The second kappa shape index (κ2) is 8.34. The maximum Gasteiger partial charge on any atom is 0.255 e. The van der Waals surface area contributed by atoms with Crippen LogP contribution in [0.15, 0.2) is 30.5 Å². The average molecular weight is 409 g/mol. The van der Waals surface area contributed by atoms with Crippen molar-refractivity contribution in [1.82, 2.24) is 9.88 Å². The van der Waals surface area contributed by atoms with Gasteiger partial charge in [-0.3, -0.25) is 9.59 Å². The molecule has 1 saturated heterocycles. The first-order valence-electron chi connectivity index (χ1n) is 10.5. The molecule has 0 unspecified atom stereocenters. The Morgan fingerprint density at radius 3 is 2.57 bits per heavy atom. The van der Waals surface area contributed by atoms with Gasteiger partial charge in [-0.05, 0) is 37.5 Å². The van der Waals surface area contributed by atoms with Crippen LogP contribution in [0, 0.1) is 5.92 Å². The van der Waals surface area contributed by atoms with Gasteiger partial charge in [-0.15, -0.1) is 0 Å². The van der Waals surface area contributed by atoms with Crippen LogP contribution in [0.25, 0.3) is 0 Å². The fraction of sp³-hybridized carbons (Fsp3) is 0.435. The number of phenolic OH excluding ortho intramolecular Hbond substituents is 1. The lowest BCUT2D eigenvalue weighted by atomic mass is 10.00. The lowest BCUT2D eigenvalue weighted by Gasteiger charge is -2.31. The highest BCUT2D eigenvalue weighted by molar-refractivity contribution is 6.00. The molecular formula is C23H27N3O4. The Kier molecular flexibility index (Phi) is 5.61. The first-order valence-corrected chi connectivity index (χ1v) is 10.5. The predicted octanol–water partition coefficient (Wildman–Crippen LogP) is 3.78. The summed E-state index contributed by atoms with van der Waals surface area (Å²) in [4.78, 5) is 33.3. The summed E-state index contributed by atoms with van der Waals surface area (Å²) in [5.41, 5.74) is 1.57. The molecule has 2 aliphatic rings. The number of pyridine rings is 1. The second-order valence-electron chi connectivity index (χ2n) is 8.12. The Bertz CT molecular complexity index is 967. The van der Waals surface area contributed by atoms with Gasteiger partial charge >= 0.3 is 0 Å². The third-order valence-electron chi connectivity index (χ3n) is 5.63. The second-order valence-corrected chi connectivity index (χ2v) is 8.12. The summed E-state index contributed by atoms with van der Waals surface area (Å²) < 4.78 is 5.79. The molecule has 0 saturated carbocycles. The van der Waals surface area contributed by atoms with Gasteiger partial charge in [0.15, 0.2) is 17.4 Å². The lowest BCUT2D eigenvalue weighted by Crippen LogP contribution is -2.36. The van der Waals surface area contributed by atoms with Gasteiger partial charge in [0.2, 0.25) is 0 Å². The normalized spacial score (nSPS) is 16.2. The number of nitrogens with zero attached hydrogens (tertiary/aromatic N) is 3. The van der Waals surface area contributed by atoms with E-state index in [-0.39, 0.29) is 23.4 Å². The van der Waals surface area contributed by atoms with Crippen LogP contribution in [0.3, 0.4) is 0 Å². The molecule has 7 heteroatoms. The molecular weight excluding hydrogens is 382 g/mol. The predicted molar refractivity (Wildman–Crippen MR) is 114 cm³/mol. The van der Waals surface area contributed by atoms with Crippen molar-refractivity contribution in [3.05, 3.63) is 41.6 Å². The number of amides is 1. The van der Waals surface area contributed by atoms with Crippen molar-refractivity contribution >= 4 is 23.2 Å². The van der Waals surface area contributed by atoms with Crippen LogP contribution in [0.2, 0.25) is 0 Å². The fourth-order valence-electron chi connectivity index (χ4n) is 3.95. The van der Waals surface area contributed by atoms with E-state index in [4.69, 9.17) is 4.74 Å². The van der Waals surface area contributed by atoms with Crippen LogP contribution in [0.5, 0.6) is 11.5 Å². The molecule has 1 N–H and O–H groups in total. The zero-order chi connectivity index (χ0) is 21.3. The van der Waals surface area contributed by atoms with Gasteiger partial charge in [0, 0.05) is 37.0 Å². The van der Waals surface area contributed by atoms with E-state index >= 15 is 0 Å². The third-order valence-corrected chi connectivity index (χ3v) is 5.63. The minimum atomic E-state index is -0.191. The fourth-order valence-corrected chi connectivity index (χ4v) is 3.95. The number of carbonyl (C=O) groups excluding carboxylic acids is 2. The van der Waals surface area contributed by atoms with Gasteiger partial charge in [-0.1, -0.05) is 13.8 Å². The number of phenols is 1. The van der Waals surface area contributed by atoms with Crippen LogP contribution in [-0.4, -0.2) is 52.9 Å². The number of ether oxygens (including phenoxy) is 1. The monoisotopic (exact) mass is 409 g/mol. The number of aromatic nitrogens is 1. The van der Waals surface area contributed by atoms with Crippen molar-refractivity contribution < 1.29 is 19.4 Å². The van der Waals surface area contributed by atoms with Crippen LogP contribution < -0.4 is 9.64 Å². The maximum atomic E-state index is 12.8. The Morgan fingerprint density at radius 1 is 1.10 bits per heavy atom. The van der Waals surface area contributed by atoms with E-state index in [1.165, 1.54) is 6.42 Å². The zero-order valence-corrected chi connectivity index (χ0v) is 17.4. The molecule has 0 atom stereocenters.